The minimum Gasteiger partial charge on any atom is -0.480 e. The fraction of sp³-hybridized carbons (Fsp3) is 0.714. The van der Waals surface area contributed by atoms with Gasteiger partial charge in [-0.3, -0.25) is 14.5 Å². The third-order valence-corrected chi connectivity index (χ3v) is 6.69. The van der Waals surface area contributed by atoms with Crippen LogP contribution in [0.5, 0.6) is 0 Å². The zero-order valence-electron chi connectivity index (χ0n) is 22.4. The summed E-state index contributed by atoms with van der Waals surface area (Å²) in [7, 11) is 0. The average molecular weight is 504 g/mol. The summed E-state index contributed by atoms with van der Waals surface area (Å²) in [5, 5.41) is 19.6. The quantitative estimate of drug-likeness (QED) is 0.290. The molecule has 0 atom stereocenters. The van der Waals surface area contributed by atoms with Crippen molar-refractivity contribution in [1.29, 1.82) is 0 Å². The Bertz CT molecular complexity index is 716. The van der Waals surface area contributed by atoms with Gasteiger partial charge in [0.2, 0.25) is 5.91 Å². The van der Waals surface area contributed by atoms with Gasteiger partial charge in [-0.05, 0) is 30.5 Å². The molecule has 2 rings (SSSR count). The van der Waals surface area contributed by atoms with E-state index in [1.54, 1.807) is 0 Å². The van der Waals surface area contributed by atoms with Crippen molar-refractivity contribution in [3.63, 3.8) is 0 Å². The molecular weight excluding hydrogens is 454 g/mol. The standard InChI is InChI=1S/C28H49N5O3/c1-2-3-4-5-6-7-8-9-10-25-11-13-26(14-12-25)33(24-28(35)36)27(34)23-32-21-19-30-17-15-29-16-18-31-20-22-32/h11-14,29-31H,2-10,15-24H2,1H3,(H,35,36). The first-order valence-electron chi connectivity index (χ1n) is 14.1. The van der Waals surface area contributed by atoms with Gasteiger partial charge < -0.3 is 26.0 Å². The summed E-state index contributed by atoms with van der Waals surface area (Å²) in [6, 6.07) is 7.87. The Morgan fingerprint density at radius 2 is 1.33 bits per heavy atom. The monoisotopic (exact) mass is 503 g/mol. The number of nitrogens with one attached hydrogen (secondary N) is 3. The molecule has 204 valence electrons. The van der Waals surface area contributed by atoms with Crippen molar-refractivity contribution in [1.82, 2.24) is 20.9 Å². The maximum atomic E-state index is 13.2. The molecule has 0 saturated carbocycles. The second-order valence-corrected chi connectivity index (χ2v) is 9.79. The van der Waals surface area contributed by atoms with Gasteiger partial charge in [0.15, 0.2) is 0 Å². The van der Waals surface area contributed by atoms with Gasteiger partial charge in [0.1, 0.15) is 6.54 Å². The van der Waals surface area contributed by atoms with E-state index in [0.29, 0.717) is 5.69 Å². The van der Waals surface area contributed by atoms with Crippen LogP contribution < -0.4 is 20.9 Å². The molecule has 0 radical (unpaired) electrons. The van der Waals surface area contributed by atoms with Crippen LogP contribution in [0, 0.1) is 0 Å². The number of carboxylic acids is 1. The van der Waals surface area contributed by atoms with Crippen molar-refractivity contribution in [3.8, 4) is 0 Å². The summed E-state index contributed by atoms with van der Waals surface area (Å²) < 4.78 is 0. The zero-order chi connectivity index (χ0) is 25.8. The van der Waals surface area contributed by atoms with Gasteiger partial charge >= 0.3 is 5.97 Å². The molecule has 8 nitrogen and oxygen atoms in total. The van der Waals surface area contributed by atoms with E-state index >= 15 is 0 Å². The summed E-state index contributed by atoms with van der Waals surface area (Å²) in [5.41, 5.74) is 1.89. The Hall–Kier alpha value is -2.00. The smallest absolute Gasteiger partial charge is 0.323 e. The summed E-state index contributed by atoms with van der Waals surface area (Å²) >= 11 is 0. The third-order valence-electron chi connectivity index (χ3n) is 6.69. The second kappa shape index (κ2) is 19.2. The van der Waals surface area contributed by atoms with E-state index in [9.17, 15) is 14.7 Å². The second-order valence-electron chi connectivity index (χ2n) is 9.79. The molecule has 1 aromatic carbocycles. The van der Waals surface area contributed by atoms with Gasteiger partial charge in [0.25, 0.3) is 0 Å². The summed E-state index contributed by atoms with van der Waals surface area (Å²) in [6.07, 6.45) is 11.4. The lowest BCUT2D eigenvalue weighted by molar-refractivity contribution is -0.136. The average Bonchev–Trinajstić information content (AvgIpc) is 2.86. The molecule has 1 amide bonds. The molecule has 1 fully saturated rings. The molecule has 0 bridgehead atoms. The van der Waals surface area contributed by atoms with Gasteiger partial charge in [-0.2, -0.15) is 0 Å². The number of anilines is 1. The molecule has 0 aliphatic carbocycles. The van der Waals surface area contributed by atoms with Crippen LogP contribution in [0.1, 0.15) is 63.9 Å². The molecule has 1 aromatic rings. The highest BCUT2D eigenvalue weighted by molar-refractivity contribution is 5.98. The molecule has 0 unspecified atom stereocenters. The summed E-state index contributed by atoms with van der Waals surface area (Å²) in [5.74, 6) is -1.18. The highest BCUT2D eigenvalue weighted by atomic mass is 16.4. The van der Waals surface area contributed by atoms with E-state index in [1.807, 2.05) is 24.3 Å². The number of amides is 1. The Kier molecular flexibility index (Phi) is 16.1. The highest BCUT2D eigenvalue weighted by Gasteiger charge is 2.21. The van der Waals surface area contributed by atoms with Crippen LogP contribution in [-0.2, 0) is 16.0 Å². The number of hydrogen-bond donors (Lipinski definition) is 4. The topological polar surface area (TPSA) is 96.9 Å². The number of benzene rings is 1. The van der Waals surface area contributed by atoms with Crippen LogP contribution in [0.3, 0.4) is 0 Å². The van der Waals surface area contributed by atoms with Crippen LogP contribution in [0.4, 0.5) is 5.69 Å². The Morgan fingerprint density at radius 1 is 0.806 bits per heavy atom. The minimum atomic E-state index is -1.00. The number of carbonyl (C=O) groups is 2. The molecule has 4 N–H and O–H groups in total. The first kappa shape index (κ1) is 30.2. The number of carbonyl (C=O) groups excluding carboxylic acids is 1. The van der Waals surface area contributed by atoms with Crippen LogP contribution in [0.2, 0.25) is 0 Å². The maximum absolute atomic E-state index is 13.2. The number of aliphatic carboxylic acids is 1. The van der Waals surface area contributed by atoms with Gasteiger partial charge in [0.05, 0.1) is 6.54 Å². The fourth-order valence-corrected chi connectivity index (χ4v) is 4.51. The van der Waals surface area contributed by atoms with Gasteiger partial charge in [-0.1, -0.05) is 64.0 Å². The first-order valence-corrected chi connectivity index (χ1v) is 14.1. The van der Waals surface area contributed by atoms with Crippen molar-refractivity contribution in [2.75, 3.05) is 70.3 Å². The number of rotatable bonds is 14. The molecule has 36 heavy (non-hydrogen) atoms. The van der Waals surface area contributed by atoms with Crippen molar-refractivity contribution in [3.05, 3.63) is 29.8 Å². The van der Waals surface area contributed by atoms with E-state index < -0.39 is 5.97 Å². The molecule has 8 heteroatoms. The van der Waals surface area contributed by atoms with E-state index in [1.165, 1.54) is 55.4 Å². The Labute approximate surface area is 218 Å². The van der Waals surface area contributed by atoms with Crippen molar-refractivity contribution < 1.29 is 14.7 Å². The van der Waals surface area contributed by atoms with Crippen LogP contribution in [0.25, 0.3) is 0 Å². The maximum Gasteiger partial charge on any atom is 0.323 e. The zero-order valence-corrected chi connectivity index (χ0v) is 22.4. The largest absolute Gasteiger partial charge is 0.480 e. The van der Waals surface area contributed by atoms with Crippen molar-refractivity contribution in [2.45, 2.75) is 64.7 Å². The SMILES string of the molecule is CCCCCCCCCCc1ccc(N(CC(=O)O)C(=O)CN2CCNCCNCCNCC2)cc1. The lowest BCUT2D eigenvalue weighted by atomic mass is 10.0. The minimum absolute atomic E-state index is 0.179. The molecule has 1 heterocycles. The number of nitrogens with zero attached hydrogens (tertiary/aromatic N) is 2. The van der Waals surface area contributed by atoms with Crippen LogP contribution in [-0.4, -0.2) is 87.3 Å². The van der Waals surface area contributed by atoms with Gasteiger partial charge in [-0.25, -0.2) is 0 Å². The molecular formula is C28H49N5O3. The Morgan fingerprint density at radius 3 is 1.89 bits per heavy atom. The first-order chi connectivity index (χ1) is 17.6. The molecule has 0 aromatic heterocycles. The van der Waals surface area contributed by atoms with E-state index in [2.05, 4.69) is 27.8 Å². The molecule has 1 aliphatic heterocycles. The number of unbranched alkanes of at least 4 members (excludes halogenated alkanes) is 7. The number of hydrogen-bond acceptors (Lipinski definition) is 6. The lowest BCUT2D eigenvalue weighted by Crippen LogP contribution is -2.47. The normalized spacial score (nSPS) is 16.1. The van der Waals surface area contributed by atoms with E-state index in [-0.39, 0.29) is 19.0 Å². The predicted molar refractivity (Wildman–Crippen MR) is 148 cm³/mol. The lowest BCUT2D eigenvalue weighted by Gasteiger charge is -2.27. The van der Waals surface area contributed by atoms with E-state index in [4.69, 9.17) is 0 Å². The third kappa shape index (κ3) is 13.3. The Balaban J connectivity index is 1.87. The van der Waals surface area contributed by atoms with E-state index in [0.717, 1.165) is 65.2 Å². The number of carboxylic acid groups (broad SMARTS) is 1. The van der Waals surface area contributed by atoms with Gasteiger partial charge in [-0.15, -0.1) is 0 Å². The molecule has 1 aliphatic rings. The van der Waals surface area contributed by atoms with Crippen molar-refractivity contribution >= 4 is 17.6 Å². The highest BCUT2D eigenvalue weighted by Crippen LogP contribution is 2.18. The van der Waals surface area contributed by atoms with Gasteiger partial charge in [0, 0.05) is 58.0 Å². The van der Waals surface area contributed by atoms with Crippen molar-refractivity contribution in [2.24, 2.45) is 0 Å². The molecule has 0 spiro atoms. The van der Waals surface area contributed by atoms with Crippen LogP contribution in [0.15, 0.2) is 24.3 Å². The fourth-order valence-electron chi connectivity index (χ4n) is 4.51. The molecule has 1 saturated heterocycles. The summed E-state index contributed by atoms with van der Waals surface area (Å²) in [4.78, 5) is 28.3. The predicted octanol–water partition coefficient (Wildman–Crippen LogP) is 2.87. The summed E-state index contributed by atoms with van der Waals surface area (Å²) in [6.45, 7) is 8.80. The number of aryl methyl sites for hydroxylation is 1. The van der Waals surface area contributed by atoms with Crippen LogP contribution >= 0.6 is 0 Å².